The zero-order chi connectivity index (χ0) is 23.5. The molecule has 0 saturated carbocycles. The molecule has 2 N–H and O–H groups in total. The number of hydrogen-bond acceptors (Lipinski definition) is 8. The van der Waals surface area contributed by atoms with Gasteiger partial charge in [-0.2, -0.15) is 0 Å². The van der Waals surface area contributed by atoms with Crippen molar-refractivity contribution in [2.24, 2.45) is 5.73 Å². The number of carbonyl (C=O) groups excluding carboxylic acids is 1. The Morgan fingerprint density at radius 1 is 1.15 bits per heavy atom. The van der Waals surface area contributed by atoms with E-state index in [4.69, 9.17) is 24.7 Å². The molecule has 0 aliphatic carbocycles. The minimum atomic E-state index is -0.349. The van der Waals surface area contributed by atoms with E-state index < -0.39 is 0 Å². The van der Waals surface area contributed by atoms with Gasteiger partial charge in [0.15, 0.2) is 11.5 Å². The Labute approximate surface area is 197 Å². The molecule has 1 aromatic carbocycles. The average Bonchev–Trinajstić information content (AvgIpc) is 3.25. The molecule has 2 aliphatic rings. The molecule has 5 rings (SSSR count). The lowest BCUT2D eigenvalue weighted by atomic mass is 10.0. The summed E-state index contributed by atoms with van der Waals surface area (Å²) in [5.74, 6) is 1.91. The largest absolute Gasteiger partial charge is 0.486 e. The summed E-state index contributed by atoms with van der Waals surface area (Å²) in [4.78, 5) is 23.0. The zero-order valence-corrected chi connectivity index (χ0v) is 19.1. The smallest absolute Gasteiger partial charge is 0.414 e. The molecule has 1 saturated heterocycles. The average molecular weight is 465 g/mol. The van der Waals surface area contributed by atoms with Crippen LogP contribution in [0.25, 0.3) is 11.0 Å². The van der Waals surface area contributed by atoms with Crippen molar-refractivity contribution in [2.75, 3.05) is 31.8 Å². The van der Waals surface area contributed by atoms with E-state index in [0.29, 0.717) is 43.6 Å². The first-order valence-corrected chi connectivity index (χ1v) is 11.5. The van der Waals surface area contributed by atoms with Crippen molar-refractivity contribution in [3.8, 4) is 17.4 Å². The number of carbonyl (C=O) groups is 1. The van der Waals surface area contributed by atoms with Gasteiger partial charge in [-0.3, -0.25) is 9.88 Å². The molecule has 178 valence electrons. The number of methoxy groups -OCH3 is 1. The number of nitrogens with two attached hydrogens (primary N) is 1. The lowest BCUT2D eigenvalue weighted by Gasteiger charge is -2.21. The van der Waals surface area contributed by atoms with Gasteiger partial charge >= 0.3 is 6.09 Å². The molecular weight excluding hydrogens is 436 g/mol. The highest BCUT2D eigenvalue weighted by atomic mass is 16.6. The van der Waals surface area contributed by atoms with Crippen molar-refractivity contribution in [3.63, 3.8) is 0 Å². The fraction of sp³-hybridized carbons (Fsp3) is 0.400. The number of nitrogens with zero attached hydrogens (tertiary/aromatic N) is 3. The van der Waals surface area contributed by atoms with Gasteiger partial charge in [0.05, 0.1) is 30.4 Å². The topological polar surface area (TPSA) is 109 Å². The van der Waals surface area contributed by atoms with Crippen LogP contribution in [-0.2, 0) is 11.2 Å². The number of aryl methyl sites for hydroxylation is 1. The Hall–Kier alpha value is -3.59. The maximum absolute atomic E-state index is 12.5. The summed E-state index contributed by atoms with van der Waals surface area (Å²) >= 11 is 0. The molecule has 0 bridgehead atoms. The number of pyridine rings is 2. The van der Waals surface area contributed by atoms with Crippen LogP contribution >= 0.6 is 0 Å². The van der Waals surface area contributed by atoms with Crippen molar-refractivity contribution < 1.29 is 23.7 Å². The molecule has 4 heterocycles. The summed E-state index contributed by atoms with van der Waals surface area (Å²) in [6.45, 7) is 1.52. The van der Waals surface area contributed by atoms with Gasteiger partial charge in [0.1, 0.15) is 19.3 Å². The van der Waals surface area contributed by atoms with Crippen molar-refractivity contribution in [2.45, 2.75) is 37.8 Å². The third-order valence-electron chi connectivity index (χ3n) is 6.21. The summed E-state index contributed by atoms with van der Waals surface area (Å²) in [5, 5.41) is 0. The summed E-state index contributed by atoms with van der Waals surface area (Å²) < 4.78 is 22.0. The zero-order valence-electron chi connectivity index (χ0n) is 19.1. The number of ether oxygens (including phenoxy) is 4. The summed E-state index contributed by atoms with van der Waals surface area (Å²) in [6, 6.07) is 11.2. The molecule has 2 aromatic heterocycles. The Bertz CT molecular complexity index is 1190. The van der Waals surface area contributed by atoms with E-state index in [2.05, 4.69) is 9.97 Å². The van der Waals surface area contributed by atoms with Crippen LogP contribution in [0.1, 0.15) is 24.8 Å². The Kier molecular flexibility index (Phi) is 6.35. The van der Waals surface area contributed by atoms with Crippen LogP contribution in [0.2, 0.25) is 0 Å². The first kappa shape index (κ1) is 22.2. The number of fused-ring (bicyclic) bond motifs is 2. The quantitative estimate of drug-likeness (QED) is 0.540. The van der Waals surface area contributed by atoms with Crippen LogP contribution in [-0.4, -0.2) is 55.1 Å². The van der Waals surface area contributed by atoms with E-state index in [1.165, 1.54) is 0 Å². The fourth-order valence-electron chi connectivity index (χ4n) is 4.34. The van der Waals surface area contributed by atoms with Gasteiger partial charge in [0, 0.05) is 24.4 Å². The molecule has 0 unspecified atom stereocenters. The van der Waals surface area contributed by atoms with Gasteiger partial charge in [-0.25, -0.2) is 9.78 Å². The highest BCUT2D eigenvalue weighted by Crippen LogP contribution is 2.35. The van der Waals surface area contributed by atoms with E-state index in [9.17, 15) is 4.79 Å². The van der Waals surface area contributed by atoms with E-state index >= 15 is 0 Å². The highest BCUT2D eigenvalue weighted by Gasteiger charge is 2.33. The lowest BCUT2D eigenvalue weighted by molar-refractivity contribution is 0.134. The van der Waals surface area contributed by atoms with Crippen LogP contribution < -0.4 is 24.8 Å². The molecule has 2 atom stereocenters. The Morgan fingerprint density at radius 3 is 2.85 bits per heavy atom. The first-order chi connectivity index (χ1) is 16.6. The molecule has 9 nitrogen and oxygen atoms in total. The van der Waals surface area contributed by atoms with Crippen molar-refractivity contribution in [1.82, 2.24) is 9.97 Å². The van der Waals surface area contributed by atoms with Gasteiger partial charge in [-0.15, -0.1) is 0 Å². The second-order valence-electron chi connectivity index (χ2n) is 8.51. The molecule has 1 fully saturated rings. The number of amides is 1. The molecule has 1 amide bonds. The molecular formula is C25H28N4O5. The number of cyclic esters (lactones) is 1. The Morgan fingerprint density at radius 2 is 2.00 bits per heavy atom. The van der Waals surface area contributed by atoms with Crippen LogP contribution in [0.4, 0.5) is 10.5 Å². The van der Waals surface area contributed by atoms with Crippen molar-refractivity contribution in [1.29, 1.82) is 0 Å². The van der Waals surface area contributed by atoms with Crippen LogP contribution in [0, 0.1) is 0 Å². The minimum absolute atomic E-state index is 0.0177. The van der Waals surface area contributed by atoms with Crippen LogP contribution in [0.3, 0.4) is 0 Å². The Balaban J connectivity index is 1.15. The maximum atomic E-state index is 12.5. The van der Waals surface area contributed by atoms with Gasteiger partial charge in [0.25, 0.3) is 0 Å². The van der Waals surface area contributed by atoms with E-state index in [1.54, 1.807) is 18.2 Å². The van der Waals surface area contributed by atoms with E-state index in [0.717, 1.165) is 41.5 Å². The predicted molar refractivity (Wildman–Crippen MR) is 127 cm³/mol. The van der Waals surface area contributed by atoms with E-state index in [-0.39, 0.29) is 18.2 Å². The minimum Gasteiger partial charge on any atom is -0.486 e. The highest BCUT2D eigenvalue weighted by molar-refractivity contribution is 5.90. The third kappa shape index (κ3) is 4.70. The SMILES string of the molecule is COc1ccc2nccc(CC[C@@H](N)CC[C@H]3CN(c4ccc5c(c4)OCCO5)C(=O)O3)c2n1. The van der Waals surface area contributed by atoms with Crippen molar-refractivity contribution in [3.05, 3.63) is 48.2 Å². The molecule has 3 aromatic rings. The first-order valence-electron chi connectivity index (χ1n) is 11.5. The van der Waals surface area contributed by atoms with E-state index in [1.807, 2.05) is 36.4 Å². The van der Waals surface area contributed by atoms with Crippen LogP contribution in [0.15, 0.2) is 42.6 Å². The summed E-state index contributed by atoms with van der Waals surface area (Å²) in [6.07, 6.45) is 4.29. The van der Waals surface area contributed by atoms with Gasteiger partial charge in [-0.05, 0) is 55.5 Å². The normalized spacial score (nSPS) is 18.1. The number of benzene rings is 1. The van der Waals surface area contributed by atoms with Crippen LogP contribution in [0.5, 0.6) is 17.4 Å². The van der Waals surface area contributed by atoms with Gasteiger partial charge < -0.3 is 24.7 Å². The third-order valence-corrected chi connectivity index (χ3v) is 6.21. The standard InChI is InChI=1S/C25H28N4O5/c1-31-23-9-7-20-24(28-23)16(10-11-27-20)2-3-17(26)4-6-19-15-29(25(30)34-19)18-5-8-21-22(14-18)33-13-12-32-21/h5,7-11,14,17,19H,2-4,6,12-13,15,26H2,1H3/t17-,19+/m1/s1. The molecule has 34 heavy (non-hydrogen) atoms. The van der Waals surface area contributed by atoms with Crippen molar-refractivity contribution >= 4 is 22.8 Å². The fourth-order valence-corrected chi connectivity index (χ4v) is 4.34. The monoisotopic (exact) mass is 464 g/mol. The van der Waals surface area contributed by atoms with Gasteiger partial charge in [0.2, 0.25) is 5.88 Å². The summed E-state index contributed by atoms with van der Waals surface area (Å²) in [7, 11) is 1.60. The maximum Gasteiger partial charge on any atom is 0.414 e. The molecule has 0 spiro atoms. The number of hydrogen-bond donors (Lipinski definition) is 1. The number of aromatic nitrogens is 2. The lowest BCUT2D eigenvalue weighted by Crippen LogP contribution is -2.26. The predicted octanol–water partition coefficient (Wildman–Crippen LogP) is 3.48. The summed E-state index contributed by atoms with van der Waals surface area (Å²) in [5.41, 5.74) is 9.93. The number of anilines is 1. The molecule has 2 aliphatic heterocycles. The van der Waals surface area contributed by atoms with Gasteiger partial charge in [-0.1, -0.05) is 0 Å². The number of rotatable bonds is 8. The molecule has 0 radical (unpaired) electrons. The molecule has 9 heteroatoms. The second kappa shape index (κ2) is 9.72. The second-order valence-corrected chi connectivity index (χ2v) is 8.51.